The zero-order valence-corrected chi connectivity index (χ0v) is 9.39. The summed E-state index contributed by atoms with van der Waals surface area (Å²) in [5.41, 5.74) is 0. The molecule has 76 valence electrons. The van der Waals surface area contributed by atoms with Gasteiger partial charge in [0.2, 0.25) is 0 Å². The minimum absolute atomic E-state index is 0.375. The molecule has 2 nitrogen and oxygen atoms in total. The number of thioether (sulfide) groups is 1. The van der Waals surface area contributed by atoms with Gasteiger partial charge in [-0.2, -0.15) is 0 Å². The molecular formula is C11H16N2S. The summed E-state index contributed by atoms with van der Waals surface area (Å²) in [6.07, 6.45) is 10.4. The molecule has 2 rings (SSSR count). The highest BCUT2D eigenvalue weighted by atomic mass is 32.2. The van der Waals surface area contributed by atoms with Crippen LogP contribution >= 0.6 is 11.8 Å². The molecule has 1 fully saturated rings. The van der Waals surface area contributed by atoms with E-state index in [4.69, 9.17) is 0 Å². The van der Waals surface area contributed by atoms with Gasteiger partial charge in [0.1, 0.15) is 0 Å². The third-order valence-electron chi connectivity index (χ3n) is 2.79. The smallest absolute Gasteiger partial charge is 0.187 e. The van der Waals surface area contributed by atoms with E-state index in [1.165, 1.54) is 32.1 Å². The van der Waals surface area contributed by atoms with E-state index < -0.39 is 0 Å². The standard InChI is InChI=1S/C11H16N2S/c1-11(6-3-2-4-7-11)14-10-12-8-5-9-13-10/h5,8-9H,2-4,6-7H2,1H3. The summed E-state index contributed by atoms with van der Waals surface area (Å²) in [6, 6.07) is 1.87. The summed E-state index contributed by atoms with van der Waals surface area (Å²) in [5, 5.41) is 0.928. The van der Waals surface area contributed by atoms with Gasteiger partial charge in [0.25, 0.3) is 0 Å². The molecule has 1 heterocycles. The second kappa shape index (κ2) is 4.30. The van der Waals surface area contributed by atoms with Crippen molar-refractivity contribution in [2.45, 2.75) is 48.9 Å². The predicted octanol–water partition coefficient (Wildman–Crippen LogP) is 3.29. The third kappa shape index (κ3) is 2.47. The average molecular weight is 208 g/mol. The lowest BCUT2D eigenvalue weighted by atomic mass is 9.90. The van der Waals surface area contributed by atoms with Crippen LogP contribution < -0.4 is 0 Å². The Labute approximate surface area is 89.5 Å². The van der Waals surface area contributed by atoms with Gasteiger partial charge in [-0.15, -0.1) is 0 Å². The van der Waals surface area contributed by atoms with E-state index in [1.54, 1.807) is 0 Å². The number of rotatable bonds is 2. The largest absolute Gasteiger partial charge is 0.231 e. The monoisotopic (exact) mass is 208 g/mol. The van der Waals surface area contributed by atoms with E-state index in [-0.39, 0.29) is 0 Å². The van der Waals surface area contributed by atoms with Gasteiger partial charge in [0, 0.05) is 17.1 Å². The van der Waals surface area contributed by atoms with Crippen molar-refractivity contribution in [3.63, 3.8) is 0 Å². The lowest BCUT2D eigenvalue weighted by Crippen LogP contribution is -2.23. The lowest BCUT2D eigenvalue weighted by Gasteiger charge is -2.31. The average Bonchev–Trinajstić information content (AvgIpc) is 2.19. The van der Waals surface area contributed by atoms with Gasteiger partial charge in [-0.3, -0.25) is 0 Å². The molecule has 0 radical (unpaired) electrons. The third-order valence-corrected chi connectivity index (χ3v) is 4.09. The van der Waals surface area contributed by atoms with E-state index >= 15 is 0 Å². The SMILES string of the molecule is CC1(Sc2ncccn2)CCCCC1. The van der Waals surface area contributed by atoms with Gasteiger partial charge in [-0.05, 0) is 25.8 Å². The summed E-state index contributed by atoms with van der Waals surface area (Å²) in [6.45, 7) is 2.34. The number of nitrogens with zero attached hydrogens (tertiary/aromatic N) is 2. The molecule has 0 spiro atoms. The summed E-state index contributed by atoms with van der Waals surface area (Å²) in [4.78, 5) is 8.54. The van der Waals surface area contributed by atoms with Crippen LogP contribution in [0.4, 0.5) is 0 Å². The van der Waals surface area contributed by atoms with Crippen molar-refractivity contribution in [1.82, 2.24) is 9.97 Å². The van der Waals surface area contributed by atoms with Crippen LogP contribution in [0.3, 0.4) is 0 Å². The van der Waals surface area contributed by atoms with Crippen LogP contribution in [-0.2, 0) is 0 Å². The Kier molecular flexibility index (Phi) is 3.06. The topological polar surface area (TPSA) is 25.8 Å². The highest BCUT2D eigenvalue weighted by Gasteiger charge is 2.28. The number of hydrogen-bond donors (Lipinski definition) is 0. The Bertz CT molecular complexity index is 281. The summed E-state index contributed by atoms with van der Waals surface area (Å²) >= 11 is 1.84. The van der Waals surface area contributed by atoms with Crippen LogP contribution in [0.5, 0.6) is 0 Å². The van der Waals surface area contributed by atoms with Gasteiger partial charge < -0.3 is 0 Å². The second-order valence-electron chi connectivity index (χ2n) is 4.14. The maximum absolute atomic E-state index is 4.27. The first-order valence-electron chi connectivity index (χ1n) is 5.25. The minimum atomic E-state index is 0.375. The molecule has 0 saturated heterocycles. The van der Waals surface area contributed by atoms with Crippen molar-refractivity contribution in [1.29, 1.82) is 0 Å². The highest BCUT2D eigenvalue weighted by molar-refractivity contribution is 8.00. The number of aromatic nitrogens is 2. The molecule has 0 aliphatic heterocycles. The molecule has 0 bridgehead atoms. The van der Waals surface area contributed by atoms with Crippen molar-refractivity contribution < 1.29 is 0 Å². The molecule has 1 aliphatic carbocycles. The van der Waals surface area contributed by atoms with Crippen LogP contribution in [0, 0.1) is 0 Å². The normalized spacial score (nSPS) is 20.6. The van der Waals surface area contributed by atoms with E-state index in [9.17, 15) is 0 Å². The van der Waals surface area contributed by atoms with Gasteiger partial charge in [0.05, 0.1) is 0 Å². The summed E-state index contributed by atoms with van der Waals surface area (Å²) in [5.74, 6) is 0. The van der Waals surface area contributed by atoms with Gasteiger partial charge in [0.15, 0.2) is 5.16 Å². The van der Waals surface area contributed by atoms with Gasteiger partial charge in [-0.25, -0.2) is 9.97 Å². The Morgan fingerprint density at radius 3 is 2.43 bits per heavy atom. The van der Waals surface area contributed by atoms with Crippen molar-refractivity contribution in [3.8, 4) is 0 Å². The fourth-order valence-corrected chi connectivity index (χ4v) is 3.12. The van der Waals surface area contributed by atoms with Crippen molar-refractivity contribution in [3.05, 3.63) is 18.5 Å². The van der Waals surface area contributed by atoms with Crippen molar-refractivity contribution >= 4 is 11.8 Å². The summed E-state index contributed by atoms with van der Waals surface area (Å²) in [7, 11) is 0. The van der Waals surface area contributed by atoms with Crippen molar-refractivity contribution in [2.24, 2.45) is 0 Å². The molecule has 0 amide bonds. The molecule has 14 heavy (non-hydrogen) atoms. The van der Waals surface area contributed by atoms with E-state index in [0.29, 0.717) is 4.75 Å². The molecule has 0 atom stereocenters. The van der Waals surface area contributed by atoms with E-state index in [1.807, 2.05) is 30.2 Å². The molecule has 0 aromatic carbocycles. The minimum Gasteiger partial charge on any atom is -0.231 e. The van der Waals surface area contributed by atoms with Crippen molar-refractivity contribution in [2.75, 3.05) is 0 Å². The summed E-state index contributed by atoms with van der Waals surface area (Å²) < 4.78 is 0.375. The molecule has 1 aromatic rings. The van der Waals surface area contributed by atoms with Crippen LogP contribution in [0.25, 0.3) is 0 Å². The first-order valence-corrected chi connectivity index (χ1v) is 6.06. The molecule has 1 aliphatic rings. The maximum Gasteiger partial charge on any atom is 0.187 e. The predicted molar refractivity (Wildman–Crippen MR) is 59.4 cm³/mol. The first kappa shape index (κ1) is 9.97. The van der Waals surface area contributed by atoms with Crippen LogP contribution in [0.2, 0.25) is 0 Å². The Hall–Kier alpha value is -0.570. The van der Waals surface area contributed by atoms with Gasteiger partial charge in [-0.1, -0.05) is 31.0 Å². The Morgan fingerprint density at radius 1 is 1.14 bits per heavy atom. The maximum atomic E-state index is 4.27. The molecule has 0 unspecified atom stereocenters. The Morgan fingerprint density at radius 2 is 1.79 bits per heavy atom. The quantitative estimate of drug-likeness (QED) is 0.697. The van der Waals surface area contributed by atoms with E-state index in [0.717, 1.165) is 5.16 Å². The van der Waals surface area contributed by atoms with Crippen LogP contribution in [0.1, 0.15) is 39.0 Å². The Balaban J connectivity index is 2.02. The molecule has 1 saturated carbocycles. The van der Waals surface area contributed by atoms with Crippen LogP contribution in [0.15, 0.2) is 23.6 Å². The van der Waals surface area contributed by atoms with Gasteiger partial charge >= 0.3 is 0 Å². The number of hydrogen-bond acceptors (Lipinski definition) is 3. The lowest BCUT2D eigenvalue weighted by molar-refractivity contribution is 0.421. The fraction of sp³-hybridized carbons (Fsp3) is 0.636. The highest BCUT2D eigenvalue weighted by Crippen LogP contribution is 2.41. The molecule has 3 heteroatoms. The van der Waals surface area contributed by atoms with Crippen LogP contribution in [-0.4, -0.2) is 14.7 Å². The molecule has 0 N–H and O–H groups in total. The molecular weight excluding hydrogens is 192 g/mol. The molecule has 1 aromatic heterocycles. The fourth-order valence-electron chi connectivity index (χ4n) is 1.96. The second-order valence-corrected chi connectivity index (χ2v) is 5.70. The zero-order chi connectivity index (χ0) is 9.86. The zero-order valence-electron chi connectivity index (χ0n) is 8.57. The van der Waals surface area contributed by atoms with E-state index in [2.05, 4.69) is 16.9 Å². The first-order chi connectivity index (χ1) is 6.79.